The summed E-state index contributed by atoms with van der Waals surface area (Å²) >= 11 is 5.83. The van der Waals surface area contributed by atoms with E-state index in [2.05, 4.69) is 4.98 Å². The lowest BCUT2D eigenvalue weighted by atomic mass is 10.0. The molecule has 0 aliphatic heterocycles. The Bertz CT molecular complexity index is 969. The van der Waals surface area contributed by atoms with Crippen LogP contribution >= 0.6 is 11.6 Å². The maximum atomic E-state index is 12.4. The van der Waals surface area contributed by atoms with Crippen molar-refractivity contribution in [2.24, 2.45) is 0 Å². The van der Waals surface area contributed by atoms with Gasteiger partial charge in [-0.05, 0) is 42.3 Å². The molecule has 0 unspecified atom stereocenters. The van der Waals surface area contributed by atoms with Crippen molar-refractivity contribution >= 4 is 34.4 Å². The van der Waals surface area contributed by atoms with Crippen LogP contribution in [0.3, 0.4) is 0 Å². The zero-order chi connectivity index (χ0) is 16.4. The molecule has 0 radical (unpaired) electrons. The minimum atomic E-state index is -0.369. The SMILES string of the molecule is Cc1c(C(=O)/C=C/c2ccc(Cl)cc2)c(=O)[nH]c2ccccc12. The fourth-order valence-corrected chi connectivity index (χ4v) is 2.66. The topological polar surface area (TPSA) is 49.9 Å². The molecule has 0 aliphatic carbocycles. The molecule has 114 valence electrons. The fourth-order valence-electron chi connectivity index (χ4n) is 2.53. The van der Waals surface area contributed by atoms with Crippen molar-refractivity contribution in [2.45, 2.75) is 6.92 Å². The quantitative estimate of drug-likeness (QED) is 0.574. The molecule has 2 aromatic carbocycles. The third kappa shape index (κ3) is 3.10. The predicted molar refractivity (Wildman–Crippen MR) is 94.1 cm³/mol. The van der Waals surface area contributed by atoms with Gasteiger partial charge in [-0.2, -0.15) is 0 Å². The molecule has 1 aromatic heterocycles. The molecule has 0 atom stereocenters. The van der Waals surface area contributed by atoms with E-state index in [1.54, 1.807) is 25.1 Å². The Morgan fingerprint density at radius 3 is 2.52 bits per heavy atom. The Labute approximate surface area is 138 Å². The normalized spacial score (nSPS) is 11.2. The second-order valence-electron chi connectivity index (χ2n) is 5.25. The van der Waals surface area contributed by atoms with Crippen molar-refractivity contribution in [3.8, 4) is 0 Å². The number of aromatic nitrogens is 1. The number of para-hydroxylation sites is 1. The Hall–Kier alpha value is -2.65. The number of ketones is 1. The maximum absolute atomic E-state index is 12.4. The fraction of sp³-hybridized carbons (Fsp3) is 0.0526. The first kappa shape index (κ1) is 15.3. The molecule has 23 heavy (non-hydrogen) atoms. The van der Waals surface area contributed by atoms with Gasteiger partial charge < -0.3 is 4.98 Å². The Kier molecular flexibility index (Phi) is 4.13. The van der Waals surface area contributed by atoms with Crippen LogP contribution in [0.15, 0.2) is 59.4 Å². The molecular weight excluding hydrogens is 310 g/mol. The van der Waals surface area contributed by atoms with Crippen molar-refractivity contribution in [2.75, 3.05) is 0 Å². The van der Waals surface area contributed by atoms with Gasteiger partial charge >= 0.3 is 0 Å². The molecule has 0 saturated heterocycles. The minimum Gasteiger partial charge on any atom is -0.321 e. The number of hydrogen-bond donors (Lipinski definition) is 1. The van der Waals surface area contributed by atoms with E-state index in [1.807, 2.05) is 36.4 Å². The molecular formula is C19H14ClNO2. The molecule has 0 bridgehead atoms. The molecule has 0 spiro atoms. The van der Waals surface area contributed by atoms with Gasteiger partial charge in [0, 0.05) is 15.9 Å². The first-order valence-corrected chi connectivity index (χ1v) is 7.53. The number of carbonyl (C=O) groups is 1. The van der Waals surface area contributed by atoms with E-state index in [0.717, 1.165) is 16.5 Å². The number of allylic oxidation sites excluding steroid dienone is 1. The number of aromatic amines is 1. The molecule has 3 rings (SSSR count). The average Bonchev–Trinajstić information content (AvgIpc) is 2.54. The number of H-pyrrole nitrogens is 1. The zero-order valence-corrected chi connectivity index (χ0v) is 13.2. The monoisotopic (exact) mass is 323 g/mol. The summed E-state index contributed by atoms with van der Waals surface area (Å²) in [4.78, 5) is 27.4. The van der Waals surface area contributed by atoms with Crippen molar-refractivity contribution in [1.29, 1.82) is 0 Å². The molecule has 1 N–H and O–H groups in total. The number of halogens is 1. The predicted octanol–water partition coefficient (Wildman–Crippen LogP) is 4.39. The van der Waals surface area contributed by atoms with Gasteiger partial charge in [0.2, 0.25) is 0 Å². The lowest BCUT2D eigenvalue weighted by molar-refractivity contribution is 0.104. The molecule has 4 heteroatoms. The number of fused-ring (bicyclic) bond motifs is 1. The van der Waals surface area contributed by atoms with E-state index < -0.39 is 0 Å². The van der Waals surface area contributed by atoms with E-state index >= 15 is 0 Å². The summed E-state index contributed by atoms with van der Waals surface area (Å²) in [5.74, 6) is -0.315. The molecule has 0 aliphatic rings. The lowest BCUT2D eigenvalue weighted by Crippen LogP contribution is -2.18. The molecule has 0 saturated carbocycles. The molecule has 0 amide bonds. The number of rotatable bonds is 3. The summed E-state index contributed by atoms with van der Waals surface area (Å²) in [5.41, 5.74) is 2.07. The highest BCUT2D eigenvalue weighted by Gasteiger charge is 2.14. The van der Waals surface area contributed by atoms with Crippen molar-refractivity contribution in [1.82, 2.24) is 4.98 Å². The summed E-state index contributed by atoms with van der Waals surface area (Å²) in [7, 11) is 0. The van der Waals surface area contributed by atoms with Crippen LogP contribution in [0, 0.1) is 6.92 Å². The second-order valence-corrected chi connectivity index (χ2v) is 5.69. The number of nitrogens with one attached hydrogen (secondary N) is 1. The first-order chi connectivity index (χ1) is 11.1. The van der Waals surface area contributed by atoms with Crippen LogP contribution in [0.2, 0.25) is 5.02 Å². The van der Waals surface area contributed by atoms with Gasteiger partial charge in [0.05, 0.1) is 5.56 Å². The molecule has 3 nitrogen and oxygen atoms in total. The summed E-state index contributed by atoms with van der Waals surface area (Å²) in [5, 5.41) is 1.51. The third-order valence-electron chi connectivity index (χ3n) is 3.72. The van der Waals surface area contributed by atoms with Crippen LogP contribution in [0.5, 0.6) is 0 Å². The summed E-state index contributed by atoms with van der Waals surface area (Å²) in [6, 6.07) is 14.6. The molecule has 3 aromatic rings. The van der Waals surface area contributed by atoms with Crippen LogP contribution in [-0.2, 0) is 0 Å². The number of pyridine rings is 1. The van der Waals surface area contributed by atoms with Gasteiger partial charge in [-0.25, -0.2) is 0 Å². The van der Waals surface area contributed by atoms with Crippen molar-refractivity contribution in [3.05, 3.63) is 86.7 Å². The van der Waals surface area contributed by atoms with Crippen molar-refractivity contribution < 1.29 is 4.79 Å². The van der Waals surface area contributed by atoms with Gasteiger partial charge in [-0.1, -0.05) is 48.0 Å². The average molecular weight is 324 g/mol. The molecule has 0 fully saturated rings. The standard InChI is InChI=1S/C19H14ClNO2/c1-12-15-4-2-3-5-16(15)21-19(23)18(12)17(22)11-8-13-6-9-14(20)10-7-13/h2-11H,1H3,(H,21,23)/b11-8+. The smallest absolute Gasteiger partial charge is 0.259 e. The van der Waals surface area contributed by atoms with Gasteiger partial charge in [0.15, 0.2) is 5.78 Å². The third-order valence-corrected chi connectivity index (χ3v) is 3.98. The van der Waals surface area contributed by atoms with E-state index in [9.17, 15) is 9.59 Å². The number of benzene rings is 2. The van der Waals surface area contributed by atoms with E-state index in [-0.39, 0.29) is 16.9 Å². The zero-order valence-electron chi connectivity index (χ0n) is 12.5. The van der Waals surface area contributed by atoms with Gasteiger partial charge in [0.1, 0.15) is 0 Å². The highest BCUT2D eigenvalue weighted by atomic mass is 35.5. The van der Waals surface area contributed by atoms with E-state index in [1.165, 1.54) is 6.08 Å². The largest absolute Gasteiger partial charge is 0.321 e. The highest BCUT2D eigenvalue weighted by molar-refractivity contribution is 6.30. The molecule has 1 heterocycles. The lowest BCUT2D eigenvalue weighted by Gasteiger charge is -2.06. The second kappa shape index (κ2) is 6.23. The van der Waals surface area contributed by atoms with Crippen molar-refractivity contribution in [3.63, 3.8) is 0 Å². The van der Waals surface area contributed by atoms with Gasteiger partial charge in [-0.3, -0.25) is 9.59 Å². The highest BCUT2D eigenvalue weighted by Crippen LogP contribution is 2.18. The number of hydrogen-bond acceptors (Lipinski definition) is 2. The Balaban J connectivity index is 2.01. The van der Waals surface area contributed by atoms with E-state index in [4.69, 9.17) is 11.6 Å². The Morgan fingerprint density at radius 2 is 1.78 bits per heavy atom. The minimum absolute atomic E-state index is 0.175. The van der Waals surface area contributed by atoms with Gasteiger partial charge in [-0.15, -0.1) is 0 Å². The summed E-state index contributed by atoms with van der Waals surface area (Å²) in [6.07, 6.45) is 3.09. The van der Waals surface area contributed by atoms with Crippen LogP contribution in [0.1, 0.15) is 21.5 Å². The van der Waals surface area contributed by atoms with Crippen LogP contribution in [-0.4, -0.2) is 10.8 Å². The maximum Gasteiger partial charge on any atom is 0.259 e. The number of carbonyl (C=O) groups excluding carboxylic acids is 1. The number of aryl methyl sites for hydroxylation is 1. The van der Waals surface area contributed by atoms with Crippen LogP contribution in [0.25, 0.3) is 17.0 Å². The summed E-state index contributed by atoms with van der Waals surface area (Å²) < 4.78 is 0. The van der Waals surface area contributed by atoms with Gasteiger partial charge in [0.25, 0.3) is 5.56 Å². The van der Waals surface area contributed by atoms with E-state index in [0.29, 0.717) is 10.6 Å². The Morgan fingerprint density at radius 1 is 1.09 bits per heavy atom. The van der Waals surface area contributed by atoms with Crippen LogP contribution < -0.4 is 5.56 Å². The first-order valence-electron chi connectivity index (χ1n) is 7.16. The summed E-state index contributed by atoms with van der Waals surface area (Å²) in [6.45, 7) is 1.79. The van der Waals surface area contributed by atoms with Crippen LogP contribution in [0.4, 0.5) is 0 Å².